The van der Waals surface area contributed by atoms with Gasteiger partial charge in [0.2, 0.25) is 5.91 Å². The van der Waals surface area contributed by atoms with Crippen LogP contribution in [0, 0.1) is 5.82 Å². The van der Waals surface area contributed by atoms with Gasteiger partial charge in [-0.1, -0.05) is 92.5 Å². The summed E-state index contributed by atoms with van der Waals surface area (Å²) in [5.41, 5.74) is 8.29. The minimum atomic E-state index is -1.02. The molecule has 2 aliphatic heterocycles. The second-order valence-corrected chi connectivity index (χ2v) is 23.8. The summed E-state index contributed by atoms with van der Waals surface area (Å²) in [4.78, 5) is 45.0. The summed E-state index contributed by atoms with van der Waals surface area (Å²) in [6, 6.07) is 32.4. The zero-order valence-corrected chi connectivity index (χ0v) is 50.9. The van der Waals surface area contributed by atoms with Crippen molar-refractivity contribution in [2.45, 2.75) is 77.4 Å². The number of rotatable bonds is 24. The Morgan fingerprint density at radius 3 is 2.05 bits per heavy atom. The van der Waals surface area contributed by atoms with E-state index >= 15 is 4.79 Å². The van der Waals surface area contributed by atoms with Crippen molar-refractivity contribution in [3.05, 3.63) is 201 Å². The molecule has 446 valence electrons. The quantitative estimate of drug-likeness (QED) is 0.0538. The number of ether oxygens (including phenoxy) is 5. The van der Waals surface area contributed by atoms with Gasteiger partial charge in [0.1, 0.15) is 28.5 Å². The van der Waals surface area contributed by atoms with Crippen molar-refractivity contribution in [2.75, 3.05) is 92.2 Å². The molecular formula is C67H75Cl2FN8O7. The Kier molecular flexibility index (Phi) is 19.5. The highest BCUT2D eigenvalue weighted by Crippen LogP contribution is 2.54. The summed E-state index contributed by atoms with van der Waals surface area (Å²) in [6.45, 7) is 20.0. The number of urea groups is 1. The fraction of sp³-hybridized carbons (Fsp3) is 0.388. The van der Waals surface area contributed by atoms with E-state index in [9.17, 15) is 9.18 Å². The number of amides is 2. The lowest BCUT2D eigenvalue weighted by atomic mass is 9.71. The van der Waals surface area contributed by atoms with Crippen LogP contribution in [-0.2, 0) is 48.4 Å². The normalized spacial score (nSPS) is 18.0. The number of benzene rings is 4. The van der Waals surface area contributed by atoms with Crippen LogP contribution in [0.25, 0.3) is 16.7 Å². The van der Waals surface area contributed by atoms with Gasteiger partial charge in [0.05, 0.1) is 83.3 Å². The van der Waals surface area contributed by atoms with Gasteiger partial charge in [-0.2, -0.15) is 5.10 Å². The fourth-order valence-electron chi connectivity index (χ4n) is 11.3. The lowest BCUT2D eigenvalue weighted by Gasteiger charge is -2.47. The Hall–Kier alpha value is -7.02. The van der Waals surface area contributed by atoms with Crippen molar-refractivity contribution >= 4 is 46.5 Å². The second kappa shape index (κ2) is 27.1. The van der Waals surface area contributed by atoms with E-state index in [1.807, 2.05) is 94.3 Å². The third-order valence-corrected chi connectivity index (χ3v) is 16.9. The predicted molar refractivity (Wildman–Crippen MR) is 330 cm³/mol. The third-order valence-electron chi connectivity index (χ3n) is 16.3. The summed E-state index contributed by atoms with van der Waals surface area (Å²) in [7, 11) is 0. The molecule has 7 aromatic rings. The van der Waals surface area contributed by atoms with E-state index in [-0.39, 0.29) is 36.2 Å². The average molecular weight is 1190 g/mol. The van der Waals surface area contributed by atoms with Gasteiger partial charge in [-0.15, -0.1) is 0 Å². The first-order valence-electron chi connectivity index (χ1n) is 29.2. The second-order valence-electron chi connectivity index (χ2n) is 22.9. The number of carbonyl (C=O) groups is 2. The zero-order chi connectivity index (χ0) is 59.7. The zero-order valence-electron chi connectivity index (χ0n) is 49.4. The molecule has 0 N–H and O–H groups in total. The lowest BCUT2D eigenvalue weighted by molar-refractivity contribution is -0.00511. The molecule has 1 saturated heterocycles. The standard InChI is InChI=1S/C67H75Cl2FN8O7/c1-7-85-61-41-53(65(2,3)4)15-20-58(61)63-73-66(5,51-11-16-54(68)17-12-51)67(6,52-13-18-55(69)19-14-52)78(63)64(80)76-28-26-74(27-29-76)30-32-82-34-36-84-38-37-83-35-33-81-31-24-62(79)77-46-50(43-72-77)49-40-59-57(21-22-60(59)71-42-49)48-23-25-75(45-48)44-47-9-8-10-56(70)39-47/h8-21,23,25,39-43,45-46H,7,22,24,26-38,44H2,1-6H3/t66-,67+/m1/s1. The van der Waals surface area contributed by atoms with Gasteiger partial charge >= 0.3 is 6.03 Å². The molecule has 15 nitrogen and oxygen atoms in total. The number of amidine groups is 1. The first-order chi connectivity index (χ1) is 41.0. The molecule has 0 radical (unpaired) electrons. The number of aromatic nitrogens is 4. The van der Waals surface area contributed by atoms with Crippen LogP contribution in [0.5, 0.6) is 5.75 Å². The third kappa shape index (κ3) is 14.0. The molecule has 1 aliphatic carbocycles. The van der Waals surface area contributed by atoms with Gasteiger partial charge in [-0.3, -0.25) is 24.6 Å². The molecule has 5 heterocycles. The minimum Gasteiger partial charge on any atom is -0.493 e. The van der Waals surface area contributed by atoms with Gasteiger partial charge in [-0.25, -0.2) is 13.9 Å². The Bertz CT molecular complexity index is 3520. The summed E-state index contributed by atoms with van der Waals surface area (Å²) >= 11 is 13.0. The number of piperazine rings is 1. The molecule has 3 aromatic heterocycles. The Morgan fingerprint density at radius 1 is 0.706 bits per heavy atom. The Morgan fingerprint density at radius 2 is 1.38 bits per heavy atom. The van der Waals surface area contributed by atoms with Crippen LogP contribution in [0.15, 0.2) is 145 Å². The number of allylic oxidation sites excluding steroid dienone is 1. The van der Waals surface area contributed by atoms with Crippen LogP contribution in [0.2, 0.25) is 10.0 Å². The van der Waals surface area contributed by atoms with Crippen LogP contribution in [0.1, 0.15) is 97.4 Å². The topological polar surface area (TPSA) is 138 Å². The largest absolute Gasteiger partial charge is 0.493 e. The number of pyridine rings is 1. The molecule has 2 amide bonds. The molecule has 18 heteroatoms. The van der Waals surface area contributed by atoms with Crippen molar-refractivity contribution < 1.29 is 37.7 Å². The molecule has 2 atom stereocenters. The smallest absolute Gasteiger partial charge is 0.326 e. The summed E-state index contributed by atoms with van der Waals surface area (Å²) in [5.74, 6) is 0.784. The van der Waals surface area contributed by atoms with Crippen molar-refractivity contribution in [3.8, 4) is 16.9 Å². The van der Waals surface area contributed by atoms with Crippen LogP contribution < -0.4 is 4.74 Å². The maximum Gasteiger partial charge on any atom is 0.326 e. The highest BCUT2D eigenvalue weighted by Gasteiger charge is 2.60. The molecule has 4 aromatic carbocycles. The fourth-order valence-corrected chi connectivity index (χ4v) is 11.6. The van der Waals surface area contributed by atoms with Crippen molar-refractivity contribution in [2.24, 2.45) is 4.99 Å². The van der Waals surface area contributed by atoms with Crippen molar-refractivity contribution in [3.63, 3.8) is 0 Å². The van der Waals surface area contributed by atoms with E-state index < -0.39 is 11.1 Å². The van der Waals surface area contributed by atoms with Gasteiger partial charge in [0, 0.05) is 97.2 Å². The number of halogens is 3. The van der Waals surface area contributed by atoms with E-state index in [1.165, 1.54) is 10.7 Å². The number of fused-ring (bicyclic) bond motifs is 1. The maximum atomic E-state index is 15.5. The Labute approximate surface area is 507 Å². The van der Waals surface area contributed by atoms with Crippen LogP contribution in [0.4, 0.5) is 9.18 Å². The summed E-state index contributed by atoms with van der Waals surface area (Å²) in [5, 5.41) is 5.56. The van der Waals surface area contributed by atoms with E-state index in [0.29, 0.717) is 107 Å². The van der Waals surface area contributed by atoms with E-state index in [0.717, 1.165) is 74.3 Å². The molecule has 0 spiro atoms. The van der Waals surface area contributed by atoms with E-state index in [2.05, 4.69) is 81.2 Å². The van der Waals surface area contributed by atoms with Crippen LogP contribution >= 0.6 is 23.2 Å². The SMILES string of the molecule is CCOc1cc(C(C)(C)C)ccc1C1=N[C@](C)(c2ccc(Cl)cc2)[C@](C)(c2ccc(Cl)cc2)N1C(=O)N1CCN(CCOCCOCCOCCOCCC(=O)n2cc(-c3cnc4c(c3)C(c3ccn(Cc5cccc(F)c5)c3)=CC4)cn2)CC1. The van der Waals surface area contributed by atoms with Crippen molar-refractivity contribution in [1.29, 1.82) is 0 Å². The van der Waals surface area contributed by atoms with E-state index in [1.54, 1.807) is 24.5 Å². The van der Waals surface area contributed by atoms with Gasteiger partial charge < -0.3 is 33.2 Å². The number of aliphatic imine (C=N–C) groups is 1. The molecule has 3 aliphatic rings. The lowest BCUT2D eigenvalue weighted by Crippen LogP contribution is -2.60. The summed E-state index contributed by atoms with van der Waals surface area (Å²) in [6.07, 6.45) is 12.4. The van der Waals surface area contributed by atoms with Gasteiger partial charge in [0.15, 0.2) is 0 Å². The number of hydrogen-bond acceptors (Lipinski definition) is 11. The Balaban J connectivity index is 0.632. The predicted octanol–water partition coefficient (Wildman–Crippen LogP) is 12.4. The monoisotopic (exact) mass is 1190 g/mol. The van der Waals surface area contributed by atoms with Gasteiger partial charge in [0.25, 0.3) is 0 Å². The highest BCUT2D eigenvalue weighted by atomic mass is 35.5. The molecule has 1 fully saturated rings. The van der Waals surface area contributed by atoms with E-state index in [4.69, 9.17) is 56.9 Å². The summed E-state index contributed by atoms with van der Waals surface area (Å²) < 4.78 is 46.7. The molecule has 10 rings (SSSR count). The number of hydrogen-bond donors (Lipinski definition) is 0. The maximum absolute atomic E-state index is 15.5. The first-order valence-corrected chi connectivity index (χ1v) is 30.0. The molecule has 0 unspecified atom stereocenters. The molecule has 85 heavy (non-hydrogen) atoms. The highest BCUT2D eigenvalue weighted by molar-refractivity contribution is 6.30. The van der Waals surface area contributed by atoms with Gasteiger partial charge in [-0.05, 0) is 120 Å². The minimum absolute atomic E-state index is 0.133. The van der Waals surface area contributed by atoms with Crippen molar-refractivity contribution in [1.82, 2.24) is 34.0 Å². The molecule has 0 bridgehead atoms. The van der Waals surface area contributed by atoms with Crippen LogP contribution in [0.3, 0.4) is 0 Å². The molecular weight excluding hydrogens is 1120 g/mol. The first kappa shape index (κ1) is 61.1. The number of carbonyl (C=O) groups excluding carboxylic acids is 2. The number of nitrogens with zero attached hydrogens (tertiary/aromatic N) is 8. The van der Waals surface area contributed by atoms with Crippen LogP contribution in [-0.4, -0.2) is 144 Å². The average Bonchev–Trinajstić information content (AvgIpc) is 1.59. The molecule has 0 saturated carbocycles.